The Labute approximate surface area is 302 Å². The van der Waals surface area contributed by atoms with E-state index in [0.29, 0.717) is 12.0 Å². The largest absolute Gasteiger partial charge is 0.495 e. The van der Waals surface area contributed by atoms with Crippen molar-refractivity contribution in [3.05, 3.63) is 89.9 Å². The number of carbonyl (C=O) groups excluding carboxylic acids is 2. The second kappa shape index (κ2) is 14.7. The van der Waals surface area contributed by atoms with Gasteiger partial charge in [0.25, 0.3) is 11.5 Å². The van der Waals surface area contributed by atoms with E-state index in [2.05, 4.69) is 22.9 Å². The Bertz CT molecular complexity index is 1880. The number of amides is 1. The number of rotatable bonds is 12. The van der Waals surface area contributed by atoms with E-state index in [1.165, 1.54) is 60.4 Å². The predicted octanol–water partition coefficient (Wildman–Crippen LogP) is 9.94. The molecule has 2 aliphatic carbocycles. The minimum atomic E-state index is -3.93. The van der Waals surface area contributed by atoms with Gasteiger partial charge in [-0.3, -0.25) is 14.4 Å². The number of nitrogens with one attached hydrogen (secondary N) is 1. The van der Waals surface area contributed by atoms with Crippen LogP contribution in [0, 0.1) is 5.92 Å². The van der Waals surface area contributed by atoms with E-state index in [9.17, 15) is 23.2 Å². The van der Waals surface area contributed by atoms with Gasteiger partial charge in [-0.25, -0.2) is 0 Å². The van der Waals surface area contributed by atoms with Crippen LogP contribution in [0.2, 0.25) is 10.0 Å². The number of ether oxygens (including phenoxy) is 1. The van der Waals surface area contributed by atoms with Crippen LogP contribution in [0.4, 0.5) is 14.5 Å². The lowest BCUT2D eigenvalue weighted by molar-refractivity contribution is 0.0740. The number of allylic oxidation sites excluding steroid dienone is 2. The van der Waals surface area contributed by atoms with Gasteiger partial charge in [0.05, 0.1) is 27.7 Å². The number of methoxy groups -OCH3 is 1. The predicted molar refractivity (Wildman–Crippen MR) is 190 cm³/mol. The van der Waals surface area contributed by atoms with Crippen molar-refractivity contribution in [2.45, 2.75) is 86.6 Å². The molecule has 1 aliphatic heterocycles. The smallest absolute Gasteiger partial charge is 0.362 e. The van der Waals surface area contributed by atoms with Crippen molar-refractivity contribution < 1.29 is 23.1 Å². The first-order chi connectivity index (χ1) is 23.4. The van der Waals surface area contributed by atoms with Gasteiger partial charge in [-0.2, -0.15) is 8.78 Å². The van der Waals surface area contributed by atoms with Crippen LogP contribution in [0.5, 0.6) is 5.75 Å². The maximum absolute atomic E-state index is 14.3. The third kappa shape index (κ3) is 7.39. The van der Waals surface area contributed by atoms with Crippen molar-refractivity contribution >= 4 is 64.4 Å². The van der Waals surface area contributed by atoms with Gasteiger partial charge in [0, 0.05) is 35.8 Å². The summed E-state index contributed by atoms with van der Waals surface area (Å²) in [6.45, 7) is 3.39. The fraction of sp³-hybridized carbons (Fsp3) is 0.417. The van der Waals surface area contributed by atoms with E-state index in [0.717, 1.165) is 66.4 Å². The summed E-state index contributed by atoms with van der Waals surface area (Å²) in [5.74, 6) is 0.823. The fourth-order valence-corrected chi connectivity index (χ4v) is 8.40. The van der Waals surface area contributed by atoms with E-state index < -0.39 is 22.5 Å². The minimum absolute atomic E-state index is 0.0389. The van der Waals surface area contributed by atoms with Crippen molar-refractivity contribution in [1.82, 2.24) is 9.88 Å². The maximum atomic E-state index is 14.3. The molecule has 3 aromatic rings. The Morgan fingerprint density at radius 3 is 2.45 bits per heavy atom. The number of alkyl halides is 3. The summed E-state index contributed by atoms with van der Waals surface area (Å²) in [6.07, 6.45) is 10.0. The van der Waals surface area contributed by atoms with Crippen molar-refractivity contribution in [3.8, 4) is 5.75 Å². The number of fused-ring (bicyclic) bond motifs is 1. The standard InChI is InChI=1S/C36H36Cl3F2N3O4S/c1-20(22-9-4-10-22)44(13-5-8-21-6-3-7-21)27-14-24-17-43(18-25(24)15-28(27)48-2)35(47)31-29(16-30(36(39,40)41)42-34(31)46)49-33-26(37)12-11-23(19-45)32(33)38/h11-12,14-16,19,21H,3-10,13,17-18H2,1-2H3,(H,42,46). The molecule has 2 fully saturated rings. The van der Waals surface area contributed by atoms with Gasteiger partial charge in [-0.1, -0.05) is 59.8 Å². The number of nitrogens with zero attached hydrogens (tertiary/aromatic N) is 2. The third-order valence-corrected chi connectivity index (χ3v) is 12.1. The summed E-state index contributed by atoms with van der Waals surface area (Å²) in [7, 11) is 1.63. The molecule has 1 N–H and O–H groups in total. The molecule has 0 radical (unpaired) electrons. The molecule has 1 aromatic heterocycles. The highest BCUT2D eigenvalue weighted by atomic mass is 35.5. The van der Waals surface area contributed by atoms with Crippen molar-refractivity contribution in [3.63, 3.8) is 0 Å². The number of hydrogen-bond acceptors (Lipinski definition) is 6. The molecule has 6 rings (SSSR count). The average Bonchev–Trinajstić information content (AvgIpc) is 3.43. The van der Waals surface area contributed by atoms with Crippen molar-refractivity contribution in [2.75, 3.05) is 18.6 Å². The lowest BCUT2D eigenvalue weighted by Crippen LogP contribution is -2.32. The summed E-state index contributed by atoms with van der Waals surface area (Å²) in [6, 6.07) is 7.78. The number of halogens is 5. The molecular weight excluding hydrogens is 715 g/mol. The molecule has 2 saturated carbocycles. The van der Waals surface area contributed by atoms with Gasteiger partial charge in [0.15, 0.2) is 6.29 Å². The monoisotopic (exact) mass is 749 g/mol. The Morgan fingerprint density at radius 2 is 1.86 bits per heavy atom. The van der Waals surface area contributed by atoms with Gasteiger partial charge in [0.1, 0.15) is 17.0 Å². The Morgan fingerprint density at radius 1 is 1.14 bits per heavy atom. The number of H-pyrrole nitrogens is 1. The zero-order valence-electron chi connectivity index (χ0n) is 27.1. The second-order valence-electron chi connectivity index (χ2n) is 12.8. The van der Waals surface area contributed by atoms with Crippen LogP contribution < -0.4 is 15.2 Å². The highest BCUT2D eigenvalue weighted by Crippen LogP contribution is 2.44. The van der Waals surface area contributed by atoms with Gasteiger partial charge in [-0.15, -0.1) is 0 Å². The normalized spacial score (nSPS) is 15.8. The fourth-order valence-electron chi connectivity index (χ4n) is 6.60. The van der Waals surface area contributed by atoms with Gasteiger partial charge in [-0.05, 0) is 98.0 Å². The number of anilines is 1. The number of aldehydes is 1. The topological polar surface area (TPSA) is 82.7 Å². The van der Waals surface area contributed by atoms with Crippen LogP contribution in [-0.2, 0) is 18.5 Å². The molecule has 1 amide bonds. The number of aromatic amines is 1. The molecule has 13 heteroatoms. The lowest BCUT2D eigenvalue weighted by Gasteiger charge is -2.33. The zero-order valence-corrected chi connectivity index (χ0v) is 30.2. The molecule has 0 saturated heterocycles. The molecule has 0 spiro atoms. The molecule has 7 nitrogen and oxygen atoms in total. The molecule has 3 aliphatic rings. The average molecular weight is 751 g/mol. The van der Waals surface area contributed by atoms with Crippen LogP contribution in [-0.4, -0.2) is 35.7 Å². The van der Waals surface area contributed by atoms with Crippen LogP contribution in [0.25, 0.3) is 0 Å². The third-order valence-electron chi connectivity index (χ3n) is 9.83. The first-order valence-corrected chi connectivity index (χ1v) is 18.2. The molecule has 49 heavy (non-hydrogen) atoms. The van der Waals surface area contributed by atoms with Crippen molar-refractivity contribution in [1.29, 1.82) is 0 Å². The van der Waals surface area contributed by atoms with E-state index >= 15 is 0 Å². The Kier molecular flexibility index (Phi) is 10.7. The summed E-state index contributed by atoms with van der Waals surface area (Å²) in [5.41, 5.74) is 3.17. The number of pyridine rings is 1. The highest BCUT2D eigenvalue weighted by Gasteiger charge is 2.35. The Balaban J connectivity index is 1.33. The van der Waals surface area contributed by atoms with Gasteiger partial charge >= 0.3 is 5.38 Å². The molecule has 2 aromatic carbocycles. The lowest BCUT2D eigenvalue weighted by atomic mass is 9.82. The van der Waals surface area contributed by atoms with Crippen LogP contribution in [0.3, 0.4) is 0 Å². The minimum Gasteiger partial charge on any atom is -0.495 e. The second-order valence-corrected chi connectivity index (χ2v) is 15.1. The summed E-state index contributed by atoms with van der Waals surface area (Å²) in [4.78, 5) is 45.0. The molecule has 260 valence electrons. The van der Waals surface area contributed by atoms with E-state index in [4.69, 9.17) is 39.5 Å². The summed E-state index contributed by atoms with van der Waals surface area (Å²) >= 11 is 18.8. The molecular formula is C36H36Cl3F2N3O4S. The first-order valence-electron chi connectivity index (χ1n) is 16.3. The van der Waals surface area contributed by atoms with E-state index in [1.807, 2.05) is 6.07 Å². The van der Waals surface area contributed by atoms with Crippen molar-refractivity contribution in [2.24, 2.45) is 5.92 Å². The molecule has 2 heterocycles. The number of aromatic nitrogens is 1. The molecule has 0 atom stereocenters. The number of hydrogen-bond donors (Lipinski definition) is 1. The van der Waals surface area contributed by atoms with Crippen LogP contribution in [0.1, 0.15) is 95.8 Å². The zero-order chi connectivity index (χ0) is 35.0. The van der Waals surface area contributed by atoms with E-state index in [1.54, 1.807) is 7.11 Å². The number of carbonyl (C=O) groups is 2. The van der Waals surface area contributed by atoms with Crippen LogP contribution >= 0.6 is 46.6 Å². The molecule has 0 bridgehead atoms. The summed E-state index contributed by atoms with van der Waals surface area (Å²) in [5, 5.41) is -3.86. The maximum Gasteiger partial charge on any atom is 0.362 e. The number of benzene rings is 2. The van der Waals surface area contributed by atoms with Crippen LogP contribution in [0.15, 0.2) is 56.2 Å². The molecule has 0 unspecified atom stereocenters. The quantitative estimate of drug-likeness (QED) is 0.147. The highest BCUT2D eigenvalue weighted by molar-refractivity contribution is 7.99. The van der Waals surface area contributed by atoms with E-state index in [-0.39, 0.29) is 44.1 Å². The first kappa shape index (κ1) is 35.8. The van der Waals surface area contributed by atoms with Gasteiger partial charge in [0.2, 0.25) is 0 Å². The Hall–Kier alpha value is -3.05. The SMILES string of the molecule is COc1cc2c(cc1N(CCCC1CCC1)C(C)=C1CCC1)CN(C(=O)c1c(Sc3c(Cl)ccc(C=O)c3Cl)cc(C(F)(F)Cl)[nH]c1=O)C2. The van der Waals surface area contributed by atoms with Gasteiger partial charge < -0.3 is 19.5 Å². The summed E-state index contributed by atoms with van der Waals surface area (Å²) < 4.78 is 34.4.